The molecule has 0 saturated heterocycles. The highest BCUT2D eigenvalue weighted by atomic mass is 28.3. The van der Waals surface area contributed by atoms with E-state index in [0.29, 0.717) is 0 Å². The smallest absolute Gasteiger partial charge is 0.0449 e. The van der Waals surface area contributed by atoms with E-state index in [1.807, 2.05) is 0 Å². The molecule has 1 aromatic carbocycles. The molecule has 1 unspecified atom stereocenters. The van der Waals surface area contributed by atoms with Gasteiger partial charge in [0.25, 0.3) is 0 Å². The molecule has 0 aliphatic rings. The zero-order valence-corrected chi connectivity index (χ0v) is 21.4. The first-order chi connectivity index (χ1) is 14.3. The molecule has 0 bridgehead atoms. The lowest BCUT2D eigenvalue weighted by Gasteiger charge is -2.27. The molecule has 0 N–H and O–H groups in total. The fourth-order valence-electron chi connectivity index (χ4n) is 4.91. The monoisotopic (exact) mass is 416 g/mol. The van der Waals surface area contributed by atoms with Crippen LogP contribution in [0, 0.1) is 0 Å². The van der Waals surface area contributed by atoms with Gasteiger partial charge in [0.1, 0.15) is 0 Å². The van der Waals surface area contributed by atoms with Crippen LogP contribution in [0.15, 0.2) is 30.3 Å². The van der Waals surface area contributed by atoms with E-state index >= 15 is 0 Å². The average Bonchev–Trinajstić information content (AvgIpc) is 2.75. The van der Waals surface area contributed by atoms with E-state index in [2.05, 4.69) is 51.1 Å². The fraction of sp³-hybridized carbons (Fsp3) is 0.786. The Hall–Kier alpha value is -0.563. The van der Waals surface area contributed by atoms with E-state index in [0.717, 1.165) is 5.54 Å². The van der Waals surface area contributed by atoms with Crippen LogP contribution in [0.3, 0.4) is 0 Å². The minimum atomic E-state index is -0.736. The van der Waals surface area contributed by atoms with Crippen LogP contribution in [0.1, 0.15) is 135 Å². The van der Waals surface area contributed by atoms with Gasteiger partial charge in [-0.05, 0) is 17.5 Å². The van der Waals surface area contributed by atoms with Crippen LogP contribution in [0.2, 0.25) is 12.1 Å². The first kappa shape index (κ1) is 26.5. The summed E-state index contributed by atoms with van der Waals surface area (Å²) in [6.07, 6.45) is 23.1. The lowest BCUT2D eigenvalue weighted by Crippen LogP contribution is -2.24. The first-order valence-corrected chi connectivity index (χ1v) is 15.7. The highest BCUT2D eigenvalue weighted by molar-refractivity contribution is 6.60. The fourth-order valence-corrected chi connectivity index (χ4v) is 9.10. The molecule has 0 aromatic heterocycles. The van der Waals surface area contributed by atoms with Gasteiger partial charge in [0.2, 0.25) is 0 Å². The zero-order valence-electron chi connectivity index (χ0n) is 20.3. The molecule has 1 atom stereocenters. The summed E-state index contributed by atoms with van der Waals surface area (Å²) in [4.78, 5) is 0. The molecule has 0 aliphatic carbocycles. The van der Waals surface area contributed by atoms with Gasteiger partial charge in [-0.1, -0.05) is 160 Å². The second kappa shape index (κ2) is 19.4. The summed E-state index contributed by atoms with van der Waals surface area (Å²) in [7, 11) is -0.736. The Morgan fingerprint density at radius 1 is 0.552 bits per heavy atom. The van der Waals surface area contributed by atoms with Crippen molar-refractivity contribution in [2.24, 2.45) is 0 Å². The molecule has 1 heteroatoms. The summed E-state index contributed by atoms with van der Waals surface area (Å²) in [5.74, 6) is 0. The molecule has 168 valence electrons. The molecule has 0 amide bonds. The minimum Gasteiger partial charge on any atom is -0.0654 e. The van der Waals surface area contributed by atoms with Crippen molar-refractivity contribution in [1.82, 2.24) is 0 Å². The van der Waals surface area contributed by atoms with Crippen molar-refractivity contribution in [2.75, 3.05) is 0 Å². The van der Waals surface area contributed by atoms with Gasteiger partial charge in [0.15, 0.2) is 0 Å². The molecule has 0 radical (unpaired) electrons. The van der Waals surface area contributed by atoms with E-state index in [9.17, 15) is 0 Å². The SMILES string of the molecule is CCCCCCCC[SiH](CCCCCCCC)C(CCCCC)c1ccccc1. The van der Waals surface area contributed by atoms with Crippen LogP contribution in [-0.4, -0.2) is 8.80 Å². The quantitative estimate of drug-likeness (QED) is 0.146. The van der Waals surface area contributed by atoms with Crippen molar-refractivity contribution in [3.8, 4) is 0 Å². The minimum absolute atomic E-state index is 0.736. The van der Waals surface area contributed by atoms with Crippen molar-refractivity contribution < 1.29 is 0 Å². The number of hydrogen-bond acceptors (Lipinski definition) is 0. The van der Waals surface area contributed by atoms with Crippen molar-refractivity contribution in [2.45, 2.75) is 141 Å². The number of unbranched alkanes of at least 4 members (excludes halogenated alkanes) is 12. The lowest BCUT2D eigenvalue weighted by molar-refractivity contribution is 0.606. The summed E-state index contributed by atoms with van der Waals surface area (Å²) >= 11 is 0. The lowest BCUT2D eigenvalue weighted by atomic mass is 10.1. The van der Waals surface area contributed by atoms with Crippen LogP contribution in [-0.2, 0) is 0 Å². The van der Waals surface area contributed by atoms with Gasteiger partial charge in [-0.2, -0.15) is 0 Å². The molecule has 1 aromatic rings. The van der Waals surface area contributed by atoms with Gasteiger partial charge in [-0.3, -0.25) is 0 Å². The second-order valence-corrected chi connectivity index (χ2v) is 12.9. The van der Waals surface area contributed by atoms with Crippen molar-refractivity contribution in [1.29, 1.82) is 0 Å². The maximum Gasteiger partial charge on any atom is 0.0449 e. The molecule has 0 fully saturated rings. The highest BCUT2D eigenvalue weighted by Crippen LogP contribution is 2.31. The van der Waals surface area contributed by atoms with Crippen molar-refractivity contribution in [3.05, 3.63) is 35.9 Å². The summed E-state index contributed by atoms with van der Waals surface area (Å²) in [5, 5.41) is 0. The Kier molecular flexibility index (Phi) is 17.7. The topological polar surface area (TPSA) is 0 Å². The van der Waals surface area contributed by atoms with Crippen LogP contribution in [0.5, 0.6) is 0 Å². The van der Waals surface area contributed by atoms with Crippen LogP contribution < -0.4 is 0 Å². The van der Waals surface area contributed by atoms with E-state index in [1.54, 1.807) is 17.7 Å². The maximum absolute atomic E-state index is 2.44. The van der Waals surface area contributed by atoms with Gasteiger partial charge >= 0.3 is 0 Å². The number of benzene rings is 1. The van der Waals surface area contributed by atoms with Gasteiger partial charge in [0.05, 0.1) is 0 Å². The van der Waals surface area contributed by atoms with E-state index in [4.69, 9.17) is 0 Å². The van der Waals surface area contributed by atoms with Gasteiger partial charge in [-0.15, -0.1) is 0 Å². The molecule has 1 rings (SSSR count). The van der Waals surface area contributed by atoms with Gasteiger partial charge in [-0.25, -0.2) is 0 Å². The van der Waals surface area contributed by atoms with Crippen LogP contribution >= 0.6 is 0 Å². The molecule has 0 heterocycles. The predicted octanol–water partition coefficient (Wildman–Crippen LogP) is 9.84. The Morgan fingerprint density at radius 3 is 1.52 bits per heavy atom. The van der Waals surface area contributed by atoms with Gasteiger partial charge < -0.3 is 0 Å². The van der Waals surface area contributed by atoms with Crippen molar-refractivity contribution >= 4 is 8.80 Å². The first-order valence-electron chi connectivity index (χ1n) is 13.4. The normalized spacial score (nSPS) is 12.6. The molecular weight excluding hydrogens is 364 g/mol. The third kappa shape index (κ3) is 13.4. The third-order valence-corrected chi connectivity index (χ3v) is 10.9. The summed E-state index contributed by atoms with van der Waals surface area (Å²) in [6.45, 7) is 6.99. The summed E-state index contributed by atoms with van der Waals surface area (Å²) < 4.78 is 0. The number of rotatable bonds is 20. The molecule has 0 saturated carbocycles. The molecular formula is C28H52Si. The predicted molar refractivity (Wildman–Crippen MR) is 137 cm³/mol. The van der Waals surface area contributed by atoms with Crippen LogP contribution in [0.25, 0.3) is 0 Å². The van der Waals surface area contributed by atoms with E-state index in [1.165, 1.54) is 103 Å². The summed E-state index contributed by atoms with van der Waals surface area (Å²) in [6, 6.07) is 14.8. The number of hydrogen-bond donors (Lipinski definition) is 0. The Morgan fingerprint density at radius 2 is 1.00 bits per heavy atom. The third-order valence-electron chi connectivity index (χ3n) is 6.77. The summed E-state index contributed by atoms with van der Waals surface area (Å²) in [5.41, 5.74) is 2.60. The average molecular weight is 417 g/mol. The molecule has 0 spiro atoms. The zero-order chi connectivity index (χ0) is 21.0. The van der Waals surface area contributed by atoms with Crippen LogP contribution in [0.4, 0.5) is 0 Å². The Balaban J connectivity index is 2.63. The highest BCUT2D eigenvalue weighted by Gasteiger charge is 2.23. The Labute approximate surface area is 185 Å². The van der Waals surface area contributed by atoms with E-state index in [-0.39, 0.29) is 0 Å². The molecule has 0 aliphatic heterocycles. The Bertz CT molecular complexity index is 425. The molecule has 0 nitrogen and oxygen atoms in total. The molecule has 29 heavy (non-hydrogen) atoms. The van der Waals surface area contributed by atoms with Gasteiger partial charge in [0, 0.05) is 8.80 Å². The van der Waals surface area contributed by atoms with Crippen molar-refractivity contribution in [3.63, 3.8) is 0 Å². The largest absolute Gasteiger partial charge is 0.0654 e. The second-order valence-electron chi connectivity index (χ2n) is 9.39. The standard InChI is InChI=1S/C28H52Si/c1-4-7-10-12-14-20-25-29(26-21-15-13-11-8-5-2)28(24-17-9-6-3)27-22-18-16-19-23-27/h16,18-19,22-23,28-29H,4-15,17,20-21,24-26H2,1-3H3. The van der Waals surface area contributed by atoms with E-state index < -0.39 is 8.80 Å². The maximum atomic E-state index is 2.44.